The Morgan fingerprint density at radius 3 is 2.67 bits per heavy atom. The fourth-order valence-corrected chi connectivity index (χ4v) is 2.42. The molecule has 0 aliphatic rings. The Kier molecular flexibility index (Phi) is 3.93. The first-order valence-electron chi connectivity index (χ1n) is 5.79. The number of pyridine rings is 1. The summed E-state index contributed by atoms with van der Waals surface area (Å²) in [5.74, 6) is 0.865. The van der Waals surface area contributed by atoms with E-state index < -0.39 is 0 Å². The first-order chi connectivity index (χ1) is 8.58. The van der Waals surface area contributed by atoms with E-state index in [-0.39, 0.29) is 6.61 Å². The minimum Gasteiger partial charge on any atom is -0.392 e. The molecule has 0 unspecified atom stereocenters. The van der Waals surface area contributed by atoms with Crippen LogP contribution >= 0.6 is 11.3 Å². The molecule has 1 N–H and O–H groups in total. The Balaban J connectivity index is 2.17. The Morgan fingerprint density at radius 2 is 2.06 bits per heavy atom. The summed E-state index contributed by atoms with van der Waals surface area (Å²) < 4.78 is 0. The number of rotatable bonds is 4. The van der Waals surface area contributed by atoms with Crippen LogP contribution in [0, 0.1) is 13.8 Å². The summed E-state index contributed by atoms with van der Waals surface area (Å²) in [6.45, 7) is 4.71. The predicted octanol–water partition coefficient (Wildman–Crippen LogP) is 2.28. The first-order valence-corrected chi connectivity index (χ1v) is 6.67. The second kappa shape index (κ2) is 5.46. The van der Waals surface area contributed by atoms with Crippen molar-refractivity contribution in [2.45, 2.75) is 27.0 Å². The van der Waals surface area contributed by atoms with E-state index in [0.717, 1.165) is 34.3 Å². The second-order valence-corrected chi connectivity index (χ2v) is 5.41. The molecule has 0 amide bonds. The topological polar surface area (TPSA) is 49.2 Å². The minimum atomic E-state index is 0.0417. The van der Waals surface area contributed by atoms with Gasteiger partial charge in [-0.25, -0.2) is 9.97 Å². The molecule has 0 fully saturated rings. The summed E-state index contributed by atoms with van der Waals surface area (Å²) in [4.78, 5) is 11.0. The van der Waals surface area contributed by atoms with Gasteiger partial charge in [0.1, 0.15) is 5.82 Å². The van der Waals surface area contributed by atoms with E-state index in [1.54, 1.807) is 11.3 Å². The van der Waals surface area contributed by atoms with E-state index in [2.05, 4.69) is 15.3 Å². The van der Waals surface area contributed by atoms with E-state index in [0.29, 0.717) is 0 Å². The Labute approximate surface area is 111 Å². The zero-order valence-corrected chi connectivity index (χ0v) is 11.7. The highest BCUT2D eigenvalue weighted by atomic mass is 32.1. The van der Waals surface area contributed by atoms with Gasteiger partial charge in [0.15, 0.2) is 0 Å². The van der Waals surface area contributed by atoms with Crippen molar-refractivity contribution in [2.24, 2.45) is 0 Å². The van der Waals surface area contributed by atoms with Crippen molar-refractivity contribution >= 4 is 17.2 Å². The number of hydrogen-bond acceptors (Lipinski definition) is 5. The molecule has 0 aliphatic heterocycles. The molecular weight excluding hydrogens is 246 g/mol. The fourth-order valence-electron chi connectivity index (χ4n) is 1.81. The third kappa shape index (κ3) is 3.05. The summed E-state index contributed by atoms with van der Waals surface area (Å²) in [6.07, 6.45) is 0. The van der Waals surface area contributed by atoms with Crippen LogP contribution in [-0.4, -0.2) is 22.1 Å². The third-order valence-corrected chi connectivity index (χ3v) is 3.46. The van der Waals surface area contributed by atoms with Gasteiger partial charge in [0, 0.05) is 18.1 Å². The van der Waals surface area contributed by atoms with Crippen molar-refractivity contribution in [3.8, 4) is 0 Å². The molecule has 2 heterocycles. The van der Waals surface area contributed by atoms with Crippen molar-refractivity contribution in [1.29, 1.82) is 0 Å². The first kappa shape index (κ1) is 13.0. The van der Waals surface area contributed by atoms with Crippen molar-refractivity contribution in [2.75, 3.05) is 11.9 Å². The number of aromatic nitrogens is 2. The summed E-state index contributed by atoms with van der Waals surface area (Å²) in [6, 6.07) is 3.80. The molecule has 4 nitrogen and oxygen atoms in total. The Bertz CT molecular complexity index is 539. The highest BCUT2D eigenvalue weighted by molar-refractivity contribution is 7.09. The number of nitrogens with zero attached hydrogens (tertiary/aromatic N) is 3. The molecule has 2 aromatic rings. The van der Waals surface area contributed by atoms with Gasteiger partial charge in [0.2, 0.25) is 0 Å². The lowest BCUT2D eigenvalue weighted by Gasteiger charge is -2.18. The van der Waals surface area contributed by atoms with Gasteiger partial charge in [-0.1, -0.05) is 0 Å². The van der Waals surface area contributed by atoms with Crippen LogP contribution in [0.2, 0.25) is 0 Å². The average molecular weight is 263 g/mol. The molecule has 0 aromatic carbocycles. The van der Waals surface area contributed by atoms with Crippen molar-refractivity contribution < 1.29 is 5.11 Å². The highest BCUT2D eigenvalue weighted by Crippen LogP contribution is 2.17. The maximum absolute atomic E-state index is 9.20. The van der Waals surface area contributed by atoms with Crippen LogP contribution in [0.1, 0.15) is 22.0 Å². The molecule has 0 aliphatic carbocycles. The van der Waals surface area contributed by atoms with Gasteiger partial charge in [0.05, 0.1) is 23.9 Å². The fraction of sp³-hybridized carbons (Fsp3) is 0.385. The van der Waals surface area contributed by atoms with Gasteiger partial charge >= 0.3 is 0 Å². The predicted molar refractivity (Wildman–Crippen MR) is 73.9 cm³/mol. The Hall–Kier alpha value is -1.46. The average Bonchev–Trinajstić information content (AvgIpc) is 2.73. The quantitative estimate of drug-likeness (QED) is 0.919. The van der Waals surface area contributed by atoms with Crippen molar-refractivity contribution in [3.05, 3.63) is 39.5 Å². The van der Waals surface area contributed by atoms with Gasteiger partial charge < -0.3 is 10.0 Å². The molecule has 0 radical (unpaired) electrons. The monoisotopic (exact) mass is 263 g/mol. The van der Waals surface area contributed by atoms with Gasteiger partial charge in [-0.2, -0.15) is 0 Å². The standard InChI is InChI=1S/C13H17N3OS/c1-9-4-11(7-17)5-13(14-9)16(3)6-12-8-18-10(2)15-12/h4-5,8,17H,6-7H2,1-3H3. The van der Waals surface area contributed by atoms with Gasteiger partial charge in [-0.3, -0.25) is 0 Å². The molecule has 2 aromatic heterocycles. The number of thiazole rings is 1. The summed E-state index contributed by atoms with van der Waals surface area (Å²) >= 11 is 1.65. The zero-order valence-electron chi connectivity index (χ0n) is 10.8. The normalized spacial score (nSPS) is 10.7. The number of aliphatic hydroxyl groups excluding tert-OH is 1. The molecule has 18 heavy (non-hydrogen) atoms. The number of anilines is 1. The minimum absolute atomic E-state index is 0.0417. The maximum atomic E-state index is 9.20. The molecule has 2 rings (SSSR count). The van der Waals surface area contributed by atoms with E-state index in [4.69, 9.17) is 0 Å². The van der Waals surface area contributed by atoms with Gasteiger partial charge in [-0.15, -0.1) is 11.3 Å². The lowest BCUT2D eigenvalue weighted by molar-refractivity contribution is 0.281. The number of aliphatic hydroxyl groups is 1. The van der Waals surface area contributed by atoms with Crippen molar-refractivity contribution in [3.63, 3.8) is 0 Å². The van der Waals surface area contributed by atoms with Crippen LogP contribution in [-0.2, 0) is 13.2 Å². The van der Waals surface area contributed by atoms with Crippen molar-refractivity contribution in [1.82, 2.24) is 9.97 Å². The third-order valence-electron chi connectivity index (χ3n) is 2.64. The number of aryl methyl sites for hydroxylation is 2. The van der Waals surface area contributed by atoms with Crippen LogP contribution in [0.15, 0.2) is 17.5 Å². The molecule has 5 heteroatoms. The smallest absolute Gasteiger partial charge is 0.129 e. The lowest BCUT2D eigenvalue weighted by Crippen LogP contribution is -2.18. The number of hydrogen-bond donors (Lipinski definition) is 1. The van der Waals surface area contributed by atoms with Crippen LogP contribution in [0.25, 0.3) is 0 Å². The lowest BCUT2D eigenvalue weighted by atomic mass is 10.2. The summed E-state index contributed by atoms with van der Waals surface area (Å²) in [5, 5.41) is 12.3. The SMILES string of the molecule is Cc1cc(CO)cc(N(C)Cc2csc(C)n2)n1. The summed E-state index contributed by atoms with van der Waals surface area (Å²) in [7, 11) is 1.98. The molecule has 0 saturated carbocycles. The molecule has 96 valence electrons. The van der Waals surface area contributed by atoms with Crippen LogP contribution < -0.4 is 4.90 Å². The van der Waals surface area contributed by atoms with Crippen LogP contribution in [0.3, 0.4) is 0 Å². The molecule has 0 spiro atoms. The highest BCUT2D eigenvalue weighted by Gasteiger charge is 2.07. The summed E-state index contributed by atoms with van der Waals surface area (Å²) in [5.41, 5.74) is 2.85. The van der Waals surface area contributed by atoms with E-state index in [1.165, 1.54) is 0 Å². The van der Waals surface area contributed by atoms with Crippen LogP contribution in [0.5, 0.6) is 0 Å². The maximum Gasteiger partial charge on any atom is 0.129 e. The largest absolute Gasteiger partial charge is 0.392 e. The second-order valence-electron chi connectivity index (χ2n) is 4.35. The van der Waals surface area contributed by atoms with Crippen LogP contribution in [0.4, 0.5) is 5.82 Å². The molecule has 0 bridgehead atoms. The molecule has 0 saturated heterocycles. The van der Waals surface area contributed by atoms with E-state index in [9.17, 15) is 5.11 Å². The Morgan fingerprint density at radius 1 is 1.28 bits per heavy atom. The van der Waals surface area contributed by atoms with E-state index >= 15 is 0 Å². The van der Waals surface area contributed by atoms with Gasteiger partial charge in [-0.05, 0) is 31.5 Å². The molecule has 0 atom stereocenters. The van der Waals surface area contributed by atoms with Gasteiger partial charge in [0.25, 0.3) is 0 Å². The molecular formula is C13H17N3OS. The van der Waals surface area contributed by atoms with E-state index in [1.807, 2.05) is 37.9 Å². The zero-order chi connectivity index (χ0) is 13.1.